The molecule has 0 fully saturated rings. The summed E-state index contributed by atoms with van der Waals surface area (Å²) in [5.74, 6) is 0.125. The molecule has 1 atom stereocenters. The Bertz CT molecular complexity index is 566. The topological polar surface area (TPSA) is 61.8 Å². The highest BCUT2D eigenvalue weighted by molar-refractivity contribution is 5.94. The van der Waals surface area contributed by atoms with E-state index in [9.17, 15) is 9.59 Å². The quantitative estimate of drug-likeness (QED) is 0.921. The number of hydrazone groups is 1. The Labute approximate surface area is 125 Å². The van der Waals surface area contributed by atoms with Crippen LogP contribution in [-0.4, -0.2) is 30.1 Å². The minimum atomic E-state index is -0.673. The van der Waals surface area contributed by atoms with E-state index < -0.39 is 6.04 Å². The minimum Gasteiger partial charge on any atom is -0.340 e. The van der Waals surface area contributed by atoms with Crippen LogP contribution in [0.3, 0.4) is 0 Å². The number of amides is 2. The molecule has 1 aliphatic heterocycles. The first-order chi connectivity index (χ1) is 9.99. The van der Waals surface area contributed by atoms with Gasteiger partial charge in [-0.15, -0.1) is 0 Å². The van der Waals surface area contributed by atoms with Gasteiger partial charge < -0.3 is 5.32 Å². The van der Waals surface area contributed by atoms with E-state index in [2.05, 4.69) is 24.3 Å². The first kappa shape index (κ1) is 15.2. The molecule has 1 heterocycles. The lowest BCUT2D eigenvalue weighted by Gasteiger charge is -2.20. The lowest BCUT2D eigenvalue weighted by atomic mass is 10.00. The molecule has 0 unspecified atom stereocenters. The number of hydrogen-bond donors (Lipinski definition) is 1. The fraction of sp³-hybridized carbons (Fsp3) is 0.438. The standard InChI is InChI=1S/C16H21N3O2/c1-11(2)8-9-14(20)18-15-13-7-5-4-6-12(13)10-17-19(3)16(15)21/h4-7,10-11,15H,8-9H2,1-3H3,(H,18,20)/t15-/m0/s1. The summed E-state index contributed by atoms with van der Waals surface area (Å²) >= 11 is 0. The highest BCUT2D eigenvalue weighted by Gasteiger charge is 2.29. The molecule has 1 N–H and O–H groups in total. The molecule has 5 nitrogen and oxygen atoms in total. The first-order valence-corrected chi connectivity index (χ1v) is 7.19. The smallest absolute Gasteiger partial charge is 0.269 e. The van der Waals surface area contributed by atoms with Gasteiger partial charge in [0.15, 0.2) is 0 Å². The van der Waals surface area contributed by atoms with Gasteiger partial charge in [0.05, 0.1) is 6.21 Å². The average molecular weight is 287 g/mol. The lowest BCUT2D eigenvalue weighted by molar-refractivity contribution is -0.135. The molecule has 1 aromatic carbocycles. The van der Waals surface area contributed by atoms with E-state index in [-0.39, 0.29) is 11.8 Å². The second-order valence-corrected chi connectivity index (χ2v) is 5.67. The molecule has 0 saturated carbocycles. The maximum atomic E-state index is 12.4. The molecule has 2 rings (SSSR count). The Kier molecular flexibility index (Phi) is 4.73. The molecule has 21 heavy (non-hydrogen) atoms. The van der Waals surface area contributed by atoms with Gasteiger partial charge in [-0.05, 0) is 17.9 Å². The van der Waals surface area contributed by atoms with Gasteiger partial charge in [-0.2, -0.15) is 5.10 Å². The van der Waals surface area contributed by atoms with E-state index in [4.69, 9.17) is 0 Å². The number of nitrogens with zero attached hydrogens (tertiary/aromatic N) is 2. The van der Waals surface area contributed by atoms with Crippen LogP contribution in [0.5, 0.6) is 0 Å². The molecule has 112 valence electrons. The molecule has 0 aliphatic carbocycles. The van der Waals surface area contributed by atoms with Crippen LogP contribution >= 0.6 is 0 Å². The summed E-state index contributed by atoms with van der Waals surface area (Å²) in [5, 5.41) is 8.20. The van der Waals surface area contributed by atoms with Crippen LogP contribution in [0.2, 0.25) is 0 Å². The van der Waals surface area contributed by atoms with Crippen LogP contribution in [-0.2, 0) is 9.59 Å². The van der Waals surface area contributed by atoms with Gasteiger partial charge in [0, 0.05) is 19.0 Å². The fourth-order valence-corrected chi connectivity index (χ4v) is 2.21. The van der Waals surface area contributed by atoms with E-state index >= 15 is 0 Å². The van der Waals surface area contributed by atoms with Crippen molar-refractivity contribution in [3.63, 3.8) is 0 Å². The van der Waals surface area contributed by atoms with Crippen molar-refractivity contribution in [3.8, 4) is 0 Å². The third-order valence-corrected chi connectivity index (χ3v) is 3.50. The van der Waals surface area contributed by atoms with Crippen LogP contribution < -0.4 is 5.32 Å². The number of nitrogens with one attached hydrogen (secondary N) is 1. The Morgan fingerprint density at radius 3 is 2.81 bits per heavy atom. The summed E-state index contributed by atoms with van der Waals surface area (Å²) < 4.78 is 0. The van der Waals surface area contributed by atoms with Crippen LogP contribution in [0, 0.1) is 5.92 Å². The monoisotopic (exact) mass is 287 g/mol. The summed E-state index contributed by atoms with van der Waals surface area (Å²) in [5.41, 5.74) is 1.64. The number of rotatable bonds is 4. The maximum absolute atomic E-state index is 12.4. The summed E-state index contributed by atoms with van der Waals surface area (Å²) in [6.07, 6.45) is 2.88. The molecular formula is C16H21N3O2. The van der Waals surface area contributed by atoms with Crippen molar-refractivity contribution in [2.45, 2.75) is 32.7 Å². The Morgan fingerprint density at radius 1 is 1.38 bits per heavy atom. The second-order valence-electron chi connectivity index (χ2n) is 5.67. The van der Waals surface area contributed by atoms with Gasteiger partial charge in [0.2, 0.25) is 5.91 Å². The van der Waals surface area contributed by atoms with Crippen molar-refractivity contribution in [2.75, 3.05) is 7.05 Å². The van der Waals surface area contributed by atoms with E-state index in [1.54, 1.807) is 13.3 Å². The molecule has 0 spiro atoms. The lowest BCUT2D eigenvalue weighted by Crippen LogP contribution is -2.39. The third-order valence-electron chi connectivity index (χ3n) is 3.50. The average Bonchev–Trinajstić information content (AvgIpc) is 2.58. The number of carbonyl (C=O) groups is 2. The van der Waals surface area contributed by atoms with Crippen LogP contribution in [0.4, 0.5) is 0 Å². The van der Waals surface area contributed by atoms with Crippen molar-refractivity contribution < 1.29 is 9.59 Å². The van der Waals surface area contributed by atoms with E-state index in [0.29, 0.717) is 12.3 Å². The zero-order valence-electron chi connectivity index (χ0n) is 12.7. The highest BCUT2D eigenvalue weighted by atomic mass is 16.2. The summed E-state index contributed by atoms with van der Waals surface area (Å²) in [6.45, 7) is 4.14. The summed E-state index contributed by atoms with van der Waals surface area (Å²) in [6, 6.07) is 6.81. The molecule has 0 saturated heterocycles. The van der Waals surface area contributed by atoms with Gasteiger partial charge in [0.25, 0.3) is 5.91 Å². The normalized spacial score (nSPS) is 17.6. The molecule has 2 amide bonds. The zero-order chi connectivity index (χ0) is 15.4. The van der Waals surface area contributed by atoms with Gasteiger partial charge in [-0.25, -0.2) is 5.01 Å². The largest absolute Gasteiger partial charge is 0.340 e. The Hall–Kier alpha value is -2.17. The second kappa shape index (κ2) is 6.52. The molecule has 0 radical (unpaired) electrons. The van der Waals surface area contributed by atoms with Crippen LogP contribution in [0.1, 0.15) is 43.9 Å². The molecular weight excluding hydrogens is 266 g/mol. The van der Waals surface area contributed by atoms with Crippen molar-refractivity contribution >= 4 is 18.0 Å². The number of likely N-dealkylation sites (N-methyl/N-ethyl adjacent to an activating group) is 1. The highest BCUT2D eigenvalue weighted by Crippen LogP contribution is 2.22. The molecule has 0 bridgehead atoms. The maximum Gasteiger partial charge on any atom is 0.269 e. The first-order valence-electron chi connectivity index (χ1n) is 7.19. The van der Waals surface area contributed by atoms with E-state index in [1.165, 1.54) is 5.01 Å². The predicted octanol–water partition coefficient (Wildman–Crippen LogP) is 2.09. The van der Waals surface area contributed by atoms with E-state index in [0.717, 1.165) is 17.5 Å². The molecule has 1 aromatic rings. The summed E-state index contributed by atoms with van der Waals surface area (Å²) in [4.78, 5) is 24.4. The van der Waals surface area contributed by atoms with E-state index in [1.807, 2.05) is 24.3 Å². The number of carbonyl (C=O) groups excluding carboxylic acids is 2. The Balaban J connectivity index is 2.20. The van der Waals surface area contributed by atoms with Gasteiger partial charge in [-0.3, -0.25) is 9.59 Å². The van der Waals surface area contributed by atoms with Crippen molar-refractivity contribution in [2.24, 2.45) is 11.0 Å². The van der Waals surface area contributed by atoms with Gasteiger partial charge >= 0.3 is 0 Å². The van der Waals surface area contributed by atoms with Crippen molar-refractivity contribution in [1.29, 1.82) is 0 Å². The zero-order valence-corrected chi connectivity index (χ0v) is 12.7. The van der Waals surface area contributed by atoms with Gasteiger partial charge in [-0.1, -0.05) is 38.1 Å². The molecule has 1 aliphatic rings. The SMILES string of the molecule is CC(C)CCC(=O)N[C@@H]1C(=O)N(C)N=Cc2ccccc21. The third kappa shape index (κ3) is 3.68. The van der Waals surface area contributed by atoms with Crippen LogP contribution in [0.15, 0.2) is 29.4 Å². The Morgan fingerprint density at radius 2 is 2.10 bits per heavy atom. The van der Waals surface area contributed by atoms with Crippen molar-refractivity contribution in [1.82, 2.24) is 10.3 Å². The minimum absolute atomic E-state index is 0.104. The summed E-state index contributed by atoms with van der Waals surface area (Å²) in [7, 11) is 1.60. The molecule has 5 heteroatoms. The van der Waals surface area contributed by atoms with Crippen LogP contribution in [0.25, 0.3) is 0 Å². The predicted molar refractivity (Wildman–Crippen MR) is 81.8 cm³/mol. The van der Waals surface area contributed by atoms with Crippen molar-refractivity contribution in [3.05, 3.63) is 35.4 Å². The number of benzene rings is 1. The number of fused-ring (bicyclic) bond motifs is 1. The number of hydrogen-bond acceptors (Lipinski definition) is 3. The van der Waals surface area contributed by atoms with Gasteiger partial charge in [0.1, 0.15) is 6.04 Å². The fourth-order valence-electron chi connectivity index (χ4n) is 2.21. The molecule has 0 aromatic heterocycles.